The second-order valence-electron chi connectivity index (χ2n) is 9.70. The van der Waals surface area contributed by atoms with Crippen molar-refractivity contribution < 1.29 is 28.5 Å². The number of nitrogens with one attached hydrogen (secondary N) is 1. The van der Waals surface area contributed by atoms with Crippen LogP contribution in [0.5, 0.6) is 23.0 Å². The van der Waals surface area contributed by atoms with E-state index in [2.05, 4.69) is 10.2 Å². The zero-order valence-corrected chi connectivity index (χ0v) is 22.8. The molecule has 0 radical (unpaired) electrons. The molecule has 0 spiro atoms. The summed E-state index contributed by atoms with van der Waals surface area (Å²) in [5, 5.41) is 3.15. The van der Waals surface area contributed by atoms with Gasteiger partial charge in [-0.2, -0.15) is 0 Å². The van der Waals surface area contributed by atoms with Gasteiger partial charge in [0.1, 0.15) is 5.75 Å². The van der Waals surface area contributed by atoms with E-state index in [9.17, 15) is 9.59 Å². The molecule has 2 aliphatic heterocycles. The number of benzene rings is 2. The minimum atomic E-state index is -0.511. The van der Waals surface area contributed by atoms with Crippen molar-refractivity contribution in [1.82, 2.24) is 10.2 Å². The third-order valence-electron chi connectivity index (χ3n) is 7.47. The average molecular weight is 526 g/mol. The third kappa shape index (κ3) is 5.99. The summed E-state index contributed by atoms with van der Waals surface area (Å²) in [4.78, 5) is 31.2. The number of ether oxygens (including phenoxy) is 4. The molecule has 0 bridgehead atoms. The van der Waals surface area contributed by atoms with E-state index in [4.69, 9.17) is 18.9 Å². The van der Waals surface area contributed by atoms with Crippen molar-refractivity contribution in [2.45, 2.75) is 38.1 Å². The Kier molecular flexibility index (Phi) is 9.33. The first-order chi connectivity index (χ1) is 18.5. The van der Waals surface area contributed by atoms with E-state index in [0.717, 1.165) is 31.6 Å². The summed E-state index contributed by atoms with van der Waals surface area (Å²) in [6.45, 7) is 3.88. The van der Waals surface area contributed by atoms with Crippen LogP contribution in [0, 0.1) is 5.92 Å². The van der Waals surface area contributed by atoms with Crippen molar-refractivity contribution in [3.05, 3.63) is 42.0 Å². The van der Waals surface area contributed by atoms with Crippen LogP contribution in [0.3, 0.4) is 0 Å². The molecular formula is C29H39N3O6. The Morgan fingerprint density at radius 2 is 1.61 bits per heavy atom. The van der Waals surface area contributed by atoms with Gasteiger partial charge in [-0.25, -0.2) is 0 Å². The lowest BCUT2D eigenvalue weighted by Gasteiger charge is -2.41. The number of carbonyl (C=O) groups excluding carboxylic acids is 2. The van der Waals surface area contributed by atoms with Crippen LogP contribution in [0.25, 0.3) is 0 Å². The molecule has 2 aromatic carbocycles. The number of rotatable bonds is 11. The summed E-state index contributed by atoms with van der Waals surface area (Å²) in [7, 11) is 6.23. The topological polar surface area (TPSA) is 89.6 Å². The summed E-state index contributed by atoms with van der Waals surface area (Å²) >= 11 is 0. The summed E-state index contributed by atoms with van der Waals surface area (Å²) in [5.41, 5.74) is 1.43. The SMILES string of the molecule is COc1ccc(C2C(C(=O)NCCCN3CCCC3)CCC(=O)N2c2cc(OC)c(OC)c(OC)c2)cc1. The van der Waals surface area contributed by atoms with E-state index in [-0.39, 0.29) is 18.2 Å². The van der Waals surface area contributed by atoms with E-state index >= 15 is 0 Å². The van der Waals surface area contributed by atoms with Gasteiger partial charge >= 0.3 is 0 Å². The van der Waals surface area contributed by atoms with Crippen molar-refractivity contribution in [2.75, 3.05) is 59.5 Å². The monoisotopic (exact) mass is 525 g/mol. The second-order valence-corrected chi connectivity index (χ2v) is 9.70. The Bertz CT molecular complexity index is 1070. The van der Waals surface area contributed by atoms with Crippen molar-refractivity contribution in [3.8, 4) is 23.0 Å². The Morgan fingerprint density at radius 3 is 2.18 bits per heavy atom. The van der Waals surface area contributed by atoms with Crippen LogP contribution in [0.1, 0.15) is 43.7 Å². The van der Waals surface area contributed by atoms with Crippen LogP contribution in [0.4, 0.5) is 5.69 Å². The van der Waals surface area contributed by atoms with Crippen molar-refractivity contribution in [1.29, 1.82) is 0 Å². The molecule has 2 heterocycles. The second kappa shape index (κ2) is 12.9. The minimum Gasteiger partial charge on any atom is -0.497 e. The highest BCUT2D eigenvalue weighted by atomic mass is 16.5. The maximum absolute atomic E-state index is 13.6. The summed E-state index contributed by atoms with van der Waals surface area (Å²) < 4.78 is 21.9. The van der Waals surface area contributed by atoms with Crippen LogP contribution in [-0.2, 0) is 9.59 Å². The third-order valence-corrected chi connectivity index (χ3v) is 7.47. The fourth-order valence-electron chi connectivity index (χ4n) is 5.51. The lowest BCUT2D eigenvalue weighted by Crippen LogP contribution is -2.48. The van der Waals surface area contributed by atoms with Crippen LogP contribution in [0.2, 0.25) is 0 Å². The summed E-state index contributed by atoms with van der Waals surface area (Å²) in [5.74, 6) is 1.49. The Balaban J connectivity index is 1.65. The molecule has 206 valence electrons. The van der Waals surface area contributed by atoms with Crippen LogP contribution < -0.4 is 29.2 Å². The van der Waals surface area contributed by atoms with Gasteiger partial charge in [0.2, 0.25) is 17.6 Å². The first-order valence-corrected chi connectivity index (χ1v) is 13.3. The van der Waals surface area contributed by atoms with Gasteiger partial charge in [-0.15, -0.1) is 0 Å². The fraction of sp³-hybridized carbons (Fsp3) is 0.517. The number of piperidine rings is 1. The molecular weight excluding hydrogens is 486 g/mol. The van der Waals surface area contributed by atoms with Crippen LogP contribution in [0.15, 0.2) is 36.4 Å². The molecule has 0 aliphatic carbocycles. The summed E-state index contributed by atoms with van der Waals surface area (Å²) in [6.07, 6.45) is 4.14. The number of methoxy groups -OCH3 is 4. The van der Waals surface area contributed by atoms with Crippen LogP contribution in [-0.4, -0.2) is 71.3 Å². The molecule has 2 aromatic rings. The van der Waals surface area contributed by atoms with Crippen LogP contribution >= 0.6 is 0 Å². The lowest BCUT2D eigenvalue weighted by atomic mass is 9.83. The molecule has 9 nitrogen and oxygen atoms in total. The number of anilines is 1. The molecule has 2 aliphatic rings. The molecule has 0 aromatic heterocycles. The molecule has 9 heteroatoms. The molecule has 0 saturated carbocycles. The largest absolute Gasteiger partial charge is 0.497 e. The highest BCUT2D eigenvalue weighted by Gasteiger charge is 2.42. The van der Waals surface area contributed by atoms with Gasteiger partial charge in [-0.05, 0) is 63.0 Å². The Morgan fingerprint density at radius 1 is 0.947 bits per heavy atom. The average Bonchev–Trinajstić information content (AvgIpc) is 3.48. The predicted molar refractivity (Wildman–Crippen MR) is 145 cm³/mol. The number of likely N-dealkylation sites (tertiary alicyclic amines) is 1. The number of carbonyl (C=O) groups is 2. The zero-order valence-electron chi connectivity index (χ0n) is 22.8. The highest BCUT2D eigenvalue weighted by molar-refractivity contribution is 5.98. The molecule has 2 amide bonds. The molecule has 2 unspecified atom stereocenters. The number of hydrogen-bond donors (Lipinski definition) is 1. The number of hydrogen-bond acceptors (Lipinski definition) is 7. The molecule has 2 fully saturated rings. The van der Waals surface area contributed by atoms with Gasteiger partial charge in [0.15, 0.2) is 11.5 Å². The maximum atomic E-state index is 13.6. The van der Waals surface area contributed by atoms with Gasteiger partial charge in [-0.1, -0.05) is 12.1 Å². The van der Waals surface area contributed by atoms with Crippen molar-refractivity contribution in [2.24, 2.45) is 5.92 Å². The summed E-state index contributed by atoms with van der Waals surface area (Å²) in [6, 6.07) is 10.5. The van der Waals surface area contributed by atoms with E-state index in [0.29, 0.717) is 41.7 Å². The fourth-order valence-corrected chi connectivity index (χ4v) is 5.51. The van der Waals surface area contributed by atoms with Gasteiger partial charge in [-0.3, -0.25) is 9.59 Å². The van der Waals surface area contributed by atoms with Gasteiger partial charge in [0.25, 0.3) is 0 Å². The van der Waals surface area contributed by atoms with Gasteiger partial charge in [0.05, 0.1) is 46.1 Å². The quantitative estimate of drug-likeness (QED) is 0.446. The predicted octanol–water partition coefficient (Wildman–Crippen LogP) is 3.81. The molecule has 1 N–H and O–H groups in total. The lowest BCUT2D eigenvalue weighted by molar-refractivity contribution is -0.129. The van der Waals surface area contributed by atoms with E-state index < -0.39 is 12.0 Å². The van der Waals surface area contributed by atoms with E-state index in [1.54, 1.807) is 38.4 Å². The normalized spacial score (nSPS) is 19.8. The number of nitrogens with zero attached hydrogens (tertiary/aromatic N) is 2. The van der Waals surface area contributed by atoms with E-state index in [1.165, 1.54) is 20.0 Å². The van der Waals surface area contributed by atoms with Gasteiger partial charge < -0.3 is 34.1 Å². The maximum Gasteiger partial charge on any atom is 0.227 e. The molecule has 4 rings (SSSR count). The van der Waals surface area contributed by atoms with Crippen molar-refractivity contribution in [3.63, 3.8) is 0 Å². The first kappa shape index (κ1) is 27.6. The highest BCUT2D eigenvalue weighted by Crippen LogP contribution is 2.46. The standard InChI is InChI=1S/C29H39N3O6/c1-35-22-10-8-20(9-11-22)27-23(29(34)30-14-7-17-31-15-5-6-16-31)12-13-26(33)32(27)21-18-24(36-2)28(38-4)25(19-21)37-3/h8-11,18-19,23,27H,5-7,12-17H2,1-4H3,(H,30,34). The molecule has 38 heavy (non-hydrogen) atoms. The zero-order chi connectivity index (χ0) is 27.1. The first-order valence-electron chi connectivity index (χ1n) is 13.3. The smallest absolute Gasteiger partial charge is 0.227 e. The van der Waals surface area contributed by atoms with E-state index in [1.807, 2.05) is 24.3 Å². The minimum absolute atomic E-state index is 0.0443. The van der Waals surface area contributed by atoms with Crippen molar-refractivity contribution >= 4 is 17.5 Å². The Hall–Kier alpha value is -3.46. The Labute approximate surface area is 225 Å². The van der Waals surface area contributed by atoms with Gasteiger partial charge in [0, 0.05) is 25.1 Å². The number of amides is 2. The molecule has 2 atom stereocenters. The molecule has 2 saturated heterocycles.